The maximum absolute atomic E-state index is 12.1. The Labute approximate surface area is 134 Å². The Bertz CT molecular complexity index is 718. The fourth-order valence-electron chi connectivity index (χ4n) is 2.67. The molecule has 0 atom stereocenters. The molecule has 2 aromatic carbocycles. The quantitative estimate of drug-likeness (QED) is 0.537. The summed E-state index contributed by atoms with van der Waals surface area (Å²) in [6, 6.07) is 15.2. The van der Waals surface area contributed by atoms with Crippen molar-refractivity contribution in [2.45, 2.75) is 25.9 Å². The van der Waals surface area contributed by atoms with E-state index in [4.69, 9.17) is 10.5 Å². The maximum atomic E-state index is 12.1. The predicted octanol–water partition coefficient (Wildman–Crippen LogP) is 2.88. The molecule has 23 heavy (non-hydrogen) atoms. The first-order valence-electron chi connectivity index (χ1n) is 7.53. The lowest BCUT2D eigenvalue weighted by Crippen LogP contribution is -2.28. The number of nitrogen functional groups attached to an aromatic ring is 1. The lowest BCUT2D eigenvalue weighted by Gasteiger charge is -2.14. The maximum Gasteiger partial charge on any atom is 0.418 e. The lowest BCUT2D eigenvalue weighted by atomic mass is 10.1. The van der Waals surface area contributed by atoms with Gasteiger partial charge < -0.3 is 10.5 Å². The second kappa shape index (κ2) is 6.52. The topological polar surface area (TPSA) is 72.6 Å². The number of benzene rings is 2. The molecule has 1 amide bonds. The molecule has 0 aliphatic carbocycles. The van der Waals surface area contributed by atoms with Crippen LogP contribution in [0.3, 0.4) is 0 Å². The van der Waals surface area contributed by atoms with Crippen molar-refractivity contribution in [3.63, 3.8) is 0 Å². The highest BCUT2D eigenvalue weighted by Crippen LogP contribution is 2.23. The Morgan fingerprint density at radius 2 is 1.61 bits per heavy atom. The van der Waals surface area contributed by atoms with Gasteiger partial charge in [-0.25, -0.2) is 4.79 Å². The van der Waals surface area contributed by atoms with Crippen LogP contribution in [0.4, 0.5) is 10.5 Å². The zero-order valence-corrected chi connectivity index (χ0v) is 12.7. The number of anilines is 1. The van der Waals surface area contributed by atoms with E-state index in [0.29, 0.717) is 25.2 Å². The number of ether oxygens (including phenoxy) is 1. The van der Waals surface area contributed by atoms with Crippen molar-refractivity contribution in [2.75, 3.05) is 5.73 Å². The van der Waals surface area contributed by atoms with E-state index < -0.39 is 12.1 Å². The summed E-state index contributed by atoms with van der Waals surface area (Å²) in [4.78, 5) is 25.4. The van der Waals surface area contributed by atoms with Gasteiger partial charge in [0, 0.05) is 18.8 Å². The van der Waals surface area contributed by atoms with Crippen LogP contribution in [0, 0.1) is 0 Å². The minimum Gasteiger partial charge on any atom is -0.399 e. The van der Waals surface area contributed by atoms with Gasteiger partial charge in [-0.2, -0.15) is 0 Å². The zero-order chi connectivity index (χ0) is 16.2. The summed E-state index contributed by atoms with van der Waals surface area (Å²) in [6.07, 6.45) is -0.00744. The van der Waals surface area contributed by atoms with Crippen molar-refractivity contribution >= 4 is 17.7 Å². The van der Waals surface area contributed by atoms with Gasteiger partial charge in [-0.15, -0.1) is 0 Å². The van der Waals surface area contributed by atoms with Crippen molar-refractivity contribution in [1.82, 2.24) is 4.90 Å². The number of aryl methyl sites for hydroxylation is 1. The minimum absolute atomic E-state index is 0.126. The van der Waals surface area contributed by atoms with Gasteiger partial charge in [-0.05, 0) is 29.2 Å². The van der Waals surface area contributed by atoms with Crippen molar-refractivity contribution < 1.29 is 14.3 Å². The largest absolute Gasteiger partial charge is 0.418 e. The third-order valence-corrected chi connectivity index (χ3v) is 3.95. The Morgan fingerprint density at radius 1 is 1.00 bits per heavy atom. The molecule has 118 valence electrons. The first-order valence-corrected chi connectivity index (χ1v) is 7.53. The van der Waals surface area contributed by atoms with Gasteiger partial charge in [0.15, 0.2) is 0 Å². The molecule has 0 saturated carbocycles. The number of nitrogens with two attached hydrogens (primary N) is 1. The summed E-state index contributed by atoms with van der Waals surface area (Å²) in [5, 5.41) is 0. The molecule has 3 rings (SSSR count). The van der Waals surface area contributed by atoms with Gasteiger partial charge in [-0.3, -0.25) is 9.69 Å². The molecule has 5 nitrogen and oxygen atoms in total. The molecule has 0 aromatic heterocycles. The fourth-order valence-corrected chi connectivity index (χ4v) is 2.67. The summed E-state index contributed by atoms with van der Waals surface area (Å²) in [7, 11) is 0. The van der Waals surface area contributed by atoms with E-state index in [1.807, 2.05) is 42.5 Å². The summed E-state index contributed by atoms with van der Waals surface area (Å²) in [6.45, 7) is 0.960. The summed E-state index contributed by atoms with van der Waals surface area (Å²) in [5.74, 6) is -0.533. The first-order chi connectivity index (χ1) is 11.1. The standard InChI is InChI=1S/C18H18N2O3/c19-16-8-4-3-5-13(16)9-10-17(21)23-18(22)20-11-14-6-1-2-7-15(14)12-20/h1-8H,9-12,19H2. The number of rotatable bonds is 3. The SMILES string of the molecule is Nc1ccccc1CCC(=O)OC(=O)N1Cc2ccccc2C1. The van der Waals surface area contributed by atoms with Crippen LogP contribution in [0.15, 0.2) is 48.5 Å². The third kappa shape index (κ3) is 3.51. The molecule has 0 saturated heterocycles. The molecule has 1 aliphatic rings. The van der Waals surface area contributed by atoms with Crippen molar-refractivity contribution in [3.8, 4) is 0 Å². The molecular weight excluding hydrogens is 292 g/mol. The van der Waals surface area contributed by atoms with E-state index in [0.717, 1.165) is 16.7 Å². The van der Waals surface area contributed by atoms with Crippen LogP contribution >= 0.6 is 0 Å². The number of nitrogens with zero attached hydrogens (tertiary/aromatic N) is 1. The lowest BCUT2D eigenvalue weighted by molar-refractivity contribution is -0.138. The number of fused-ring (bicyclic) bond motifs is 1. The molecule has 5 heteroatoms. The predicted molar refractivity (Wildman–Crippen MR) is 86.4 cm³/mol. The van der Waals surface area contributed by atoms with E-state index in [1.165, 1.54) is 4.90 Å². The smallest absolute Gasteiger partial charge is 0.399 e. The number of hydrogen-bond donors (Lipinski definition) is 1. The highest BCUT2D eigenvalue weighted by atomic mass is 16.6. The van der Waals surface area contributed by atoms with Crippen molar-refractivity contribution in [1.29, 1.82) is 0 Å². The van der Waals surface area contributed by atoms with E-state index in [1.54, 1.807) is 6.07 Å². The molecule has 2 N–H and O–H groups in total. The number of esters is 1. The highest BCUT2D eigenvalue weighted by Gasteiger charge is 2.25. The Hall–Kier alpha value is -2.82. The Kier molecular flexibility index (Phi) is 4.28. The summed E-state index contributed by atoms with van der Waals surface area (Å²) < 4.78 is 4.93. The van der Waals surface area contributed by atoms with Crippen LogP contribution in [-0.2, 0) is 29.0 Å². The number of para-hydroxylation sites is 1. The molecule has 0 unspecified atom stereocenters. The van der Waals surface area contributed by atoms with Gasteiger partial charge in [0.05, 0.1) is 6.42 Å². The van der Waals surface area contributed by atoms with Gasteiger partial charge in [-0.1, -0.05) is 42.5 Å². The second-order valence-electron chi connectivity index (χ2n) is 5.56. The molecule has 1 aliphatic heterocycles. The average molecular weight is 310 g/mol. The van der Waals surface area contributed by atoms with Crippen LogP contribution in [0.2, 0.25) is 0 Å². The van der Waals surface area contributed by atoms with E-state index in [2.05, 4.69) is 0 Å². The Morgan fingerprint density at radius 3 is 2.26 bits per heavy atom. The monoisotopic (exact) mass is 310 g/mol. The molecule has 0 spiro atoms. The van der Waals surface area contributed by atoms with Crippen LogP contribution in [0.5, 0.6) is 0 Å². The molecule has 0 radical (unpaired) electrons. The van der Waals surface area contributed by atoms with Crippen molar-refractivity contribution in [3.05, 3.63) is 65.2 Å². The summed E-state index contributed by atoms with van der Waals surface area (Å²) >= 11 is 0. The minimum atomic E-state index is -0.591. The van der Waals surface area contributed by atoms with Crippen LogP contribution in [0.1, 0.15) is 23.1 Å². The highest BCUT2D eigenvalue weighted by molar-refractivity contribution is 5.85. The normalized spacial score (nSPS) is 12.8. The van der Waals surface area contributed by atoms with Gasteiger partial charge in [0.2, 0.25) is 0 Å². The van der Waals surface area contributed by atoms with E-state index >= 15 is 0 Å². The number of hydrogen-bond acceptors (Lipinski definition) is 4. The van der Waals surface area contributed by atoms with E-state index in [9.17, 15) is 9.59 Å². The molecular formula is C18H18N2O3. The number of amides is 1. The summed E-state index contributed by atoms with van der Waals surface area (Å²) in [5.41, 5.74) is 9.53. The molecule has 1 heterocycles. The van der Waals surface area contributed by atoms with Crippen molar-refractivity contribution in [2.24, 2.45) is 0 Å². The third-order valence-electron chi connectivity index (χ3n) is 3.95. The number of carbonyl (C=O) groups excluding carboxylic acids is 2. The van der Waals surface area contributed by atoms with Gasteiger partial charge >= 0.3 is 12.1 Å². The van der Waals surface area contributed by atoms with Crippen LogP contribution < -0.4 is 5.73 Å². The van der Waals surface area contributed by atoms with Gasteiger partial charge in [0.25, 0.3) is 0 Å². The Balaban J connectivity index is 1.51. The van der Waals surface area contributed by atoms with Crippen LogP contribution in [-0.4, -0.2) is 17.0 Å². The first kappa shape index (κ1) is 15.1. The van der Waals surface area contributed by atoms with Crippen LogP contribution in [0.25, 0.3) is 0 Å². The van der Waals surface area contributed by atoms with E-state index in [-0.39, 0.29) is 6.42 Å². The molecule has 0 fully saturated rings. The fraction of sp³-hybridized carbons (Fsp3) is 0.222. The number of carbonyl (C=O) groups is 2. The average Bonchev–Trinajstić information content (AvgIpc) is 2.98. The molecule has 2 aromatic rings. The van der Waals surface area contributed by atoms with Gasteiger partial charge in [0.1, 0.15) is 0 Å². The molecule has 0 bridgehead atoms. The second-order valence-corrected chi connectivity index (χ2v) is 5.56. The zero-order valence-electron chi connectivity index (χ0n) is 12.7.